The van der Waals surface area contributed by atoms with E-state index < -0.39 is 11.9 Å². The van der Waals surface area contributed by atoms with E-state index in [1.807, 2.05) is 32.0 Å². The number of amides is 1. The first-order chi connectivity index (χ1) is 12.4. The molecular weight excluding hydrogens is 335 g/mol. The van der Waals surface area contributed by atoms with E-state index in [0.29, 0.717) is 24.4 Å². The van der Waals surface area contributed by atoms with Crippen LogP contribution in [0.5, 0.6) is 5.75 Å². The summed E-state index contributed by atoms with van der Waals surface area (Å²) in [7, 11) is 1.58. The summed E-state index contributed by atoms with van der Waals surface area (Å²) in [6.45, 7) is 4.65. The number of likely N-dealkylation sites (tertiary alicyclic amines) is 1. The number of benzene rings is 2. The van der Waals surface area contributed by atoms with Crippen molar-refractivity contribution < 1.29 is 18.7 Å². The van der Waals surface area contributed by atoms with Crippen LogP contribution < -0.4 is 10.5 Å². The predicted octanol–water partition coefficient (Wildman–Crippen LogP) is 2.94. The maximum atomic E-state index is 13.5. The number of rotatable bonds is 4. The smallest absolute Gasteiger partial charge is 0.254 e. The molecule has 1 saturated heterocycles. The Morgan fingerprint density at radius 2 is 1.88 bits per heavy atom. The van der Waals surface area contributed by atoms with Crippen molar-refractivity contribution in [2.75, 3.05) is 25.9 Å². The van der Waals surface area contributed by atoms with E-state index in [-0.39, 0.29) is 17.7 Å². The highest BCUT2D eigenvalue weighted by atomic mass is 19.1. The quantitative estimate of drug-likeness (QED) is 0.854. The van der Waals surface area contributed by atoms with E-state index in [4.69, 9.17) is 15.2 Å². The van der Waals surface area contributed by atoms with Crippen LogP contribution in [0.1, 0.15) is 21.5 Å². The Balaban J connectivity index is 1.78. The third kappa shape index (κ3) is 3.80. The minimum absolute atomic E-state index is 0.0573. The topological polar surface area (TPSA) is 64.8 Å². The molecule has 1 aliphatic rings. The number of carbonyl (C=O) groups excluding carboxylic acids is 1. The molecule has 138 valence electrons. The number of halogens is 1. The van der Waals surface area contributed by atoms with Crippen LogP contribution in [0.2, 0.25) is 0 Å². The minimum Gasteiger partial charge on any atom is -0.486 e. The van der Waals surface area contributed by atoms with Crippen LogP contribution in [0.25, 0.3) is 0 Å². The molecule has 2 atom stereocenters. The number of nitrogens with zero attached hydrogens (tertiary/aromatic N) is 1. The third-order valence-corrected chi connectivity index (χ3v) is 4.61. The SMILES string of the molecule is COC1CN(C(=O)c2cc(C)ccc2C)CC1Oc1cc(N)cc(F)c1. The summed E-state index contributed by atoms with van der Waals surface area (Å²) in [6, 6.07) is 9.88. The molecule has 0 saturated carbocycles. The molecule has 0 radical (unpaired) electrons. The Bertz CT molecular complexity index is 804. The van der Waals surface area contributed by atoms with Crippen LogP contribution in [0.4, 0.5) is 10.1 Å². The van der Waals surface area contributed by atoms with Crippen LogP contribution in [0, 0.1) is 19.7 Å². The molecule has 2 aromatic carbocycles. The summed E-state index contributed by atoms with van der Waals surface area (Å²) >= 11 is 0. The zero-order valence-corrected chi connectivity index (χ0v) is 15.2. The molecule has 1 heterocycles. The average Bonchev–Trinajstić information content (AvgIpc) is 2.98. The molecule has 6 heteroatoms. The number of hydrogen-bond donors (Lipinski definition) is 1. The molecule has 0 bridgehead atoms. The highest BCUT2D eigenvalue weighted by molar-refractivity contribution is 5.96. The summed E-state index contributed by atoms with van der Waals surface area (Å²) in [5, 5.41) is 0. The molecule has 26 heavy (non-hydrogen) atoms. The normalized spacial score (nSPS) is 19.6. The molecule has 1 amide bonds. The van der Waals surface area contributed by atoms with Crippen molar-refractivity contribution in [3.63, 3.8) is 0 Å². The second kappa shape index (κ2) is 7.33. The van der Waals surface area contributed by atoms with Gasteiger partial charge in [0.15, 0.2) is 0 Å². The zero-order valence-electron chi connectivity index (χ0n) is 15.2. The molecule has 0 aliphatic carbocycles. The maximum absolute atomic E-state index is 13.5. The van der Waals surface area contributed by atoms with E-state index in [1.54, 1.807) is 18.1 Å². The van der Waals surface area contributed by atoms with E-state index >= 15 is 0 Å². The molecule has 0 aromatic heterocycles. The number of nitrogen functional groups attached to an aromatic ring is 1. The van der Waals surface area contributed by atoms with Crippen LogP contribution >= 0.6 is 0 Å². The van der Waals surface area contributed by atoms with Crippen molar-refractivity contribution in [2.45, 2.75) is 26.1 Å². The average molecular weight is 358 g/mol. The van der Waals surface area contributed by atoms with Gasteiger partial charge in [0.05, 0.1) is 13.1 Å². The van der Waals surface area contributed by atoms with Gasteiger partial charge in [-0.3, -0.25) is 4.79 Å². The van der Waals surface area contributed by atoms with Gasteiger partial charge in [-0.2, -0.15) is 0 Å². The molecule has 2 unspecified atom stereocenters. The first-order valence-corrected chi connectivity index (χ1v) is 8.49. The summed E-state index contributed by atoms with van der Waals surface area (Å²) in [5.74, 6) is -0.191. The lowest BCUT2D eigenvalue weighted by Crippen LogP contribution is -2.32. The van der Waals surface area contributed by atoms with Crippen LogP contribution in [0.3, 0.4) is 0 Å². The Hall–Kier alpha value is -2.60. The molecule has 0 spiro atoms. The van der Waals surface area contributed by atoms with Crippen LogP contribution in [-0.4, -0.2) is 43.2 Å². The Morgan fingerprint density at radius 1 is 1.15 bits per heavy atom. The lowest BCUT2D eigenvalue weighted by molar-refractivity contribution is 0.0338. The van der Waals surface area contributed by atoms with Gasteiger partial charge in [-0.15, -0.1) is 0 Å². The van der Waals surface area contributed by atoms with Crippen molar-refractivity contribution in [3.05, 3.63) is 58.9 Å². The van der Waals surface area contributed by atoms with Gasteiger partial charge >= 0.3 is 0 Å². The van der Waals surface area contributed by atoms with Gasteiger partial charge in [-0.05, 0) is 31.5 Å². The first kappa shape index (κ1) is 18.2. The van der Waals surface area contributed by atoms with Crippen molar-refractivity contribution in [2.24, 2.45) is 0 Å². The highest BCUT2D eigenvalue weighted by Gasteiger charge is 2.37. The fraction of sp³-hybridized carbons (Fsp3) is 0.350. The summed E-state index contributed by atoms with van der Waals surface area (Å²) in [4.78, 5) is 14.6. The van der Waals surface area contributed by atoms with Crippen LogP contribution in [-0.2, 0) is 4.74 Å². The third-order valence-electron chi connectivity index (χ3n) is 4.61. The lowest BCUT2D eigenvalue weighted by Gasteiger charge is -2.19. The van der Waals surface area contributed by atoms with Gasteiger partial charge in [-0.25, -0.2) is 4.39 Å². The van der Waals surface area contributed by atoms with E-state index in [1.165, 1.54) is 12.1 Å². The van der Waals surface area contributed by atoms with E-state index in [0.717, 1.165) is 11.1 Å². The largest absolute Gasteiger partial charge is 0.486 e. The summed E-state index contributed by atoms with van der Waals surface area (Å²) in [6.07, 6.45) is -0.691. The molecule has 2 N–H and O–H groups in total. The van der Waals surface area contributed by atoms with Crippen molar-refractivity contribution in [1.82, 2.24) is 4.90 Å². The monoisotopic (exact) mass is 358 g/mol. The number of anilines is 1. The number of ether oxygens (including phenoxy) is 2. The predicted molar refractivity (Wildman–Crippen MR) is 97.8 cm³/mol. The van der Waals surface area contributed by atoms with Crippen LogP contribution in [0.15, 0.2) is 36.4 Å². The Kier molecular flexibility index (Phi) is 5.13. The highest BCUT2D eigenvalue weighted by Crippen LogP contribution is 2.25. The zero-order chi connectivity index (χ0) is 18.8. The molecule has 1 aliphatic heterocycles. The molecule has 5 nitrogen and oxygen atoms in total. The second-order valence-corrected chi connectivity index (χ2v) is 6.68. The Morgan fingerprint density at radius 3 is 2.58 bits per heavy atom. The van der Waals surface area contributed by atoms with Crippen molar-refractivity contribution >= 4 is 11.6 Å². The van der Waals surface area contributed by atoms with Crippen molar-refractivity contribution in [3.8, 4) is 5.75 Å². The van der Waals surface area contributed by atoms with Gasteiger partial charge in [0.25, 0.3) is 5.91 Å². The standard InChI is InChI=1S/C20H23FN2O3/c1-12-4-5-13(2)17(6-12)20(24)23-10-18(25-3)19(11-23)26-16-8-14(21)7-15(22)9-16/h4-9,18-19H,10-11,22H2,1-3H3. The fourth-order valence-electron chi connectivity index (χ4n) is 3.21. The number of hydrogen-bond acceptors (Lipinski definition) is 4. The summed E-state index contributed by atoms with van der Waals surface area (Å²) in [5.41, 5.74) is 8.59. The van der Waals surface area contributed by atoms with Crippen molar-refractivity contribution in [1.29, 1.82) is 0 Å². The first-order valence-electron chi connectivity index (χ1n) is 8.49. The summed E-state index contributed by atoms with van der Waals surface area (Å²) < 4.78 is 24.9. The van der Waals surface area contributed by atoms with Gasteiger partial charge in [0, 0.05) is 30.5 Å². The second-order valence-electron chi connectivity index (χ2n) is 6.68. The number of aryl methyl sites for hydroxylation is 2. The minimum atomic E-state index is -0.463. The van der Waals surface area contributed by atoms with E-state index in [2.05, 4.69) is 0 Å². The lowest BCUT2D eigenvalue weighted by atomic mass is 10.0. The van der Waals surface area contributed by atoms with E-state index in [9.17, 15) is 9.18 Å². The molecule has 2 aromatic rings. The molecule has 3 rings (SSSR count). The van der Waals surface area contributed by atoms with Gasteiger partial charge in [0.1, 0.15) is 23.8 Å². The number of nitrogens with two attached hydrogens (primary N) is 1. The maximum Gasteiger partial charge on any atom is 0.254 e. The fourth-order valence-corrected chi connectivity index (χ4v) is 3.21. The number of carbonyl (C=O) groups is 1. The Labute approximate surface area is 152 Å². The van der Waals surface area contributed by atoms with Gasteiger partial charge < -0.3 is 20.1 Å². The molecular formula is C20H23FN2O3. The van der Waals surface area contributed by atoms with Gasteiger partial charge in [-0.1, -0.05) is 17.7 Å². The van der Waals surface area contributed by atoms with Gasteiger partial charge in [0.2, 0.25) is 0 Å². The number of methoxy groups -OCH3 is 1. The molecule has 1 fully saturated rings.